The van der Waals surface area contributed by atoms with E-state index in [1.54, 1.807) is 0 Å². The van der Waals surface area contributed by atoms with Crippen LogP contribution in [-0.4, -0.2) is 27.1 Å². The quantitative estimate of drug-likeness (QED) is 0.794. The molecule has 3 N–H and O–H groups in total. The van der Waals surface area contributed by atoms with Gasteiger partial charge in [-0.15, -0.1) is 0 Å². The first-order chi connectivity index (χ1) is 9.47. The fourth-order valence-corrected chi connectivity index (χ4v) is 1.53. The van der Waals surface area contributed by atoms with E-state index in [1.807, 2.05) is 0 Å². The lowest BCUT2D eigenvalue weighted by atomic mass is 10.1. The van der Waals surface area contributed by atoms with E-state index in [1.165, 1.54) is 12.3 Å². The van der Waals surface area contributed by atoms with Gasteiger partial charge in [0.25, 0.3) is 5.91 Å². The number of aromatic hydroxyl groups is 1. The highest BCUT2D eigenvalue weighted by molar-refractivity contribution is 6.04. The summed E-state index contributed by atoms with van der Waals surface area (Å²) >= 11 is 0. The van der Waals surface area contributed by atoms with Gasteiger partial charge in [0.2, 0.25) is 0 Å². The van der Waals surface area contributed by atoms with Gasteiger partial charge in [-0.25, -0.2) is 9.18 Å². The molecule has 0 bridgehead atoms. The van der Waals surface area contributed by atoms with Crippen LogP contribution in [0.5, 0.6) is 5.75 Å². The van der Waals surface area contributed by atoms with Gasteiger partial charge in [-0.1, -0.05) is 0 Å². The van der Waals surface area contributed by atoms with Crippen molar-refractivity contribution in [3.63, 3.8) is 0 Å². The molecule has 1 aromatic heterocycles. The van der Waals surface area contributed by atoms with Crippen molar-refractivity contribution in [3.8, 4) is 5.75 Å². The number of carboxylic acid groups (broad SMARTS) is 1. The van der Waals surface area contributed by atoms with Gasteiger partial charge in [0.15, 0.2) is 0 Å². The van der Waals surface area contributed by atoms with Gasteiger partial charge >= 0.3 is 5.97 Å². The van der Waals surface area contributed by atoms with Crippen molar-refractivity contribution in [3.05, 3.63) is 53.6 Å². The zero-order valence-corrected chi connectivity index (χ0v) is 10.0. The number of aromatic nitrogens is 1. The van der Waals surface area contributed by atoms with E-state index in [4.69, 9.17) is 5.11 Å². The summed E-state index contributed by atoms with van der Waals surface area (Å²) in [4.78, 5) is 26.0. The van der Waals surface area contributed by atoms with Crippen LogP contribution < -0.4 is 5.32 Å². The number of halogens is 1. The van der Waals surface area contributed by atoms with Crippen molar-refractivity contribution in [1.29, 1.82) is 0 Å². The molecule has 102 valence electrons. The summed E-state index contributed by atoms with van der Waals surface area (Å²) in [6.07, 6.45) is 2.15. The molecular weight excluding hydrogens is 267 g/mol. The Kier molecular flexibility index (Phi) is 3.60. The number of amides is 1. The van der Waals surface area contributed by atoms with Crippen LogP contribution in [0.2, 0.25) is 0 Å². The fraction of sp³-hybridized carbons (Fsp3) is 0. The largest absolute Gasteiger partial charge is 0.507 e. The third-order valence-electron chi connectivity index (χ3n) is 2.45. The molecule has 1 aromatic carbocycles. The van der Waals surface area contributed by atoms with Crippen molar-refractivity contribution in [2.75, 3.05) is 5.32 Å². The first kappa shape index (κ1) is 13.5. The zero-order chi connectivity index (χ0) is 14.7. The van der Waals surface area contributed by atoms with Crippen molar-refractivity contribution < 1.29 is 24.2 Å². The van der Waals surface area contributed by atoms with Gasteiger partial charge in [-0.3, -0.25) is 9.78 Å². The number of hydrogen-bond donors (Lipinski definition) is 3. The predicted molar refractivity (Wildman–Crippen MR) is 67.2 cm³/mol. The van der Waals surface area contributed by atoms with Crippen molar-refractivity contribution in [2.45, 2.75) is 0 Å². The number of aromatic carboxylic acids is 1. The number of anilines is 1. The minimum absolute atomic E-state index is 0.00630. The molecule has 0 radical (unpaired) electrons. The van der Waals surface area contributed by atoms with Gasteiger partial charge in [0.1, 0.15) is 17.1 Å². The summed E-state index contributed by atoms with van der Waals surface area (Å²) in [7, 11) is 0. The van der Waals surface area contributed by atoms with Crippen LogP contribution in [0.3, 0.4) is 0 Å². The average molecular weight is 276 g/mol. The maximum absolute atomic E-state index is 12.9. The maximum atomic E-state index is 12.9. The molecule has 0 saturated carbocycles. The van der Waals surface area contributed by atoms with Gasteiger partial charge < -0.3 is 15.5 Å². The summed E-state index contributed by atoms with van der Waals surface area (Å²) in [6.45, 7) is 0. The number of carbonyl (C=O) groups excluding carboxylic acids is 1. The van der Waals surface area contributed by atoms with Gasteiger partial charge in [-0.05, 0) is 18.2 Å². The second-order valence-electron chi connectivity index (χ2n) is 3.88. The molecule has 0 aliphatic carbocycles. The number of hydrogen-bond acceptors (Lipinski definition) is 4. The number of rotatable bonds is 3. The molecule has 2 aromatic rings. The summed E-state index contributed by atoms with van der Waals surface area (Å²) in [5.74, 6) is -3.04. The standard InChI is InChI=1S/C13H9FN2O4/c14-8-3-7(5-15-6-8)12(18)16-9-1-2-10(13(19)20)11(17)4-9/h1-6,17H,(H,16,18)(H,19,20). The summed E-state index contributed by atoms with van der Waals surface area (Å²) < 4.78 is 12.9. The first-order valence-corrected chi connectivity index (χ1v) is 5.45. The number of benzene rings is 1. The van der Waals surface area contributed by atoms with Crippen molar-refractivity contribution in [2.24, 2.45) is 0 Å². The van der Waals surface area contributed by atoms with Gasteiger partial charge in [0.05, 0.1) is 11.8 Å². The molecule has 1 amide bonds. The van der Waals surface area contributed by atoms with Crippen LogP contribution in [-0.2, 0) is 0 Å². The van der Waals surface area contributed by atoms with Crippen molar-refractivity contribution in [1.82, 2.24) is 4.98 Å². The fourth-order valence-electron chi connectivity index (χ4n) is 1.53. The molecular formula is C13H9FN2O4. The first-order valence-electron chi connectivity index (χ1n) is 5.45. The molecule has 20 heavy (non-hydrogen) atoms. The lowest BCUT2D eigenvalue weighted by Gasteiger charge is -2.07. The Morgan fingerprint density at radius 1 is 1.20 bits per heavy atom. The Morgan fingerprint density at radius 2 is 1.95 bits per heavy atom. The van der Waals surface area contributed by atoms with E-state index in [0.717, 1.165) is 24.4 Å². The molecule has 1 heterocycles. The smallest absolute Gasteiger partial charge is 0.339 e. The second kappa shape index (κ2) is 5.35. The second-order valence-corrected chi connectivity index (χ2v) is 3.88. The topological polar surface area (TPSA) is 99.5 Å². The number of carboxylic acids is 1. The summed E-state index contributed by atoms with van der Waals surface area (Å²) in [5, 5.41) is 20.6. The highest BCUT2D eigenvalue weighted by atomic mass is 19.1. The van der Waals surface area contributed by atoms with Gasteiger partial charge in [0, 0.05) is 18.0 Å². The van der Waals surface area contributed by atoms with Crippen LogP contribution in [0.15, 0.2) is 36.7 Å². The summed E-state index contributed by atoms with van der Waals surface area (Å²) in [5.41, 5.74) is -0.0935. The van der Waals surface area contributed by atoms with E-state index in [9.17, 15) is 19.1 Å². The molecule has 6 nitrogen and oxygen atoms in total. The molecule has 0 fully saturated rings. The third kappa shape index (κ3) is 2.89. The van der Waals surface area contributed by atoms with E-state index in [2.05, 4.69) is 10.3 Å². The number of nitrogens with one attached hydrogen (secondary N) is 1. The Hall–Kier alpha value is -2.96. The summed E-state index contributed by atoms with van der Waals surface area (Å²) in [6, 6.07) is 4.56. The highest BCUT2D eigenvalue weighted by Crippen LogP contribution is 2.22. The number of pyridine rings is 1. The van der Waals surface area contributed by atoms with Crippen LogP contribution in [0.4, 0.5) is 10.1 Å². The Labute approximate surface area is 112 Å². The Balaban J connectivity index is 2.20. The molecule has 0 unspecified atom stereocenters. The monoisotopic (exact) mass is 276 g/mol. The molecule has 0 aliphatic rings. The lowest BCUT2D eigenvalue weighted by molar-refractivity contribution is 0.0693. The third-order valence-corrected chi connectivity index (χ3v) is 2.45. The number of carbonyl (C=O) groups is 2. The number of nitrogens with zero attached hydrogens (tertiary/aromatic N) is 1. The van der Waals surface area contributed by atoms with Gasteiger partial charge in [-0.2, -0.15) is 0 Å². The molecule has 0 aliphatic heterocycles. The molecule has 0 spiro atoms. The van der Waals surface area contributed by atoms with Crippen LogP contribution >= 0.6 is 0 Å². The molecule has 2 rings (SSSR count). The predicted octanol–water partition coefficient (Wildman–Crippen LogP) is 1.88. The van der Waals surface area contributed by atoms with E-state index in [0.29, 0.717) is 0 Å². The normalized spacial score (nSPS) is 10.1. The van der Waals surface area contributed by atoms with Crippen LogP contribution in [0, 0.1) is 5.82 Å². The minimum Gasteiger partial charge on any atom is -0.507 e. The minimum atomic E-state index is -1.28. The SMILES string of the molecule is O=C(Nc1ccc(C(=O)O)c(O)c1)c1cncc(F)c1. The molecule has 0 saturated heterocycles. The average Bonchev–Trinajstić information content (AvgIpc) is 2.38. The zero-order valence-electron chi connectivity index (χ0n) is 10.0. The molecule has 0 atom stereocenters. The molecule has 7 heteroatoms. The highest BCUT2D eigenvalue weighted by Gasteiger charge is 2.12. The maximum Gasteiger partial charge on any atom is 0.339 e. The van der Waals surface area contributed by atoms with Crippen molar-refractivity contribution >= 4 is 17.6 Å². The lowest BCUT2D eigenvalue weighted by Crippen LogP contribution is -2.12. The van der Waals surface area contributed by atoms with E-state index >= 15 is 0 Å². The van der Waals surface area contributed by atoms with E-state index in [-0.39, 0.29) is 16.8 Å². The Bertz CT molecular complexity index is 688. The Morgan fingerprint density at radius 3 is 2.55 bits per heavy atom. The van der Waals surface area contributed by atoms with Crippen LogP contribution in [0.25, 0.3) is 0 Å². The van der Waals surface area contributed by atoms with E-state index < -0.39 is 23.4 Å². The number of phenols is 1. The van der Waals surface area contributed by atoms with Crippen LogP contribution in [0.1, 0.15) is 20.7 Å².